The quantitative estimate of drug-likeness (QED) is 0.278. The van der Waals surface area contributed by atoms with E-state index in [1.165, 1.54) is 0 Å². The maximum absolute atomic E-state index is 14.2. The predicted octanol–water partition coefficient (Wildman–Crippen LogP) is 4.74. The third-order valence-electron chi connectivity index (χ3n) is 11.6. The molecule has 0 bridgehead atoms. The van der Waals surface area contributed by atoms with Gasteiger partial charge in [-0.05, 0) is 92.1 Å². The van der Waals surface area contributed by atoms with Gasteiger partial charge in [0, 0.05) is 82.6 Å². The first kappa shape index (κ1) is 39.4. The van der Waals surface area contributed by atoms with Gasteiger partial charge in [0.05, 0.1) is 12.1 Å². The molecule has 4 aliphatic heterocycles. The number of para-hydroxylation sites is 1. The minimum Gasteiger partial charge on any atom is -0.507 e. The van der Waals surface area contributed by atoms with E-state index in [1.54, 1.807) is 40.7 Å². The number of rotatable bonds is 10. The Morgan fingerprint density at radius 1 is 0.842 bits per heavy atom. The zero-order chi connectivity index (χ0) is 40.1. The van der Waals surface area contributed by atoms with Crippen LogP contribution >= 0.6 is 0 Å². The van der Waals surface area contributed by atoms with Crippen LogP contribution < -0.4 is 10.2 Å². The maximum Gasteiger partial charge on any atom is 0.410 e. The number of urea groups is 1. The molecule has 14 nitrogen and oxygen atoms in total. The summed E-state index contributed by atoms with van der Waals surface area (Å²) in [6.07, 6.45) is 1.84. The minimum atomic E-state index is -1.08. The molecule has 0 aromatic heterocycles. The molecule has 3 fully saturated rings. The number of amides is 5. The zero-order valence-corrected chi connectivity index (χ0v) is 32.8. The normalized spacial score (nSPS) is 18.2. The molecule has 0 radical (unpaired) electrons. The number of aryl methyl sites for hydroxylation is 2. The summed E-state index contributed by atoms with van der Waals surface area (Å²) in [7, 11) is 0. The largest absolute Gasteiger partial charge is 0.507 e. The van der Waals surface area contributed by atoms with E-state index in [9.17, 15) is 29.1 Å². The van der Waals surface area contributed by atoms with E-state index in [0.717, 1.165) is 35.3 Å². The molecule has 302 valence electrons. The molecule has 2 N–H and O–H groups in total. The number of hydrogen-bond donors (Lipinski definition) is 2. The van der Waals surface area contributed by atoms with Crippen molar-refractivity contribution in [3.8, 4) is 5.75 Å². The fourth-order valence-corrected chi connectivity index (χ4v) is 8.32. The number of nitrogens with one attached hydrogen (secondary N) is 1. The van der Waals surface area contributed by atoms with Crippen molar-refractivity contribution in [3.63, 3.8) is 0 Å². The standard InChI is InChI=1S/C43H52N6O8/c1-29-26-31(27-30(2)39(29)51)28-37(57-43(55)48-17-14-35(15-18-48)49-19-13-32-6-3-4-7-36(32)44-42(49)54)40(52)47-22-20-45(21-23-47)34-11-9-33(10-12-34)41(53)56-25-24-46-16-5-8-38(46)50/h3-4,6-7,9-12,26-27,35,37,51H,5,8,13-25,28H2,1-2H3,(H,44,54)/t37-/m1/s1. The molecule has 3 saturated heterocycles. The average molecular weight is 781 g/mol. The Morgan fingerprint density at radius 3 is 2.23 bits per heavy atom. The molecule has 0 unspecified atom stereocenters. The summed E-state index contributed by atoms with van der Waals surface area (Å²) in [6, 6.07) is 18.5. The van der Waals surface area contributed by atoms with Crippen molar-refractivity contribution in [1.29, 1.82) is 0 Å². The van der Waals surface area contributed by atoms with E-state index in [1.807, 2.05) is 53.4 Å². The van der Waals surface area contributed by atoms with Gasteiger partial charge in [0.15, 0.2) is 6.10 Å². The second-order valence-corrected chi connectivity index (χ2v) is 15.4. The lowest BCUT2D eigenvalue weighted by Crippen LogP contribution is -2.54. The number of phenolic OH excluding ortho intramolecular Hbond substituents is 1. The summed E-state index contributed by atoms with van der Waals surface area (Å²) < 4.78 is 11.5. The fourth-order valence-electron chi connectivity index (χ4n) is 8.32. The predicted molar refractivity (Wildman–Crippen MR) is 213 cm³/mol. The molecule has 3 aromatic rings. The van der Waals surface area contributed by atoms with Crippen LogP contribution in [-0.2, 0) is 31.9 Å². The van der Waals surface area contributed by atoms with Crippen molar-refractivity contribution in [2.45, 2.75) is 64.5 Å². The summed E-state index contributed by atoms with van der Waals surface area (Å²) in [4.78, 5) is 74.5. The van der Waals surface area contributed by atoms with Gasteiger partial charge in [0.1, 0.15) is 12.4 Å². The summed E-state index contributed by atoms with van der Waals surface area (Å²) in [5.74, 6) is -0.435. The van der Waals surface area contributed by atoms with Crippen LogP contribution in [0.5, 0.6) is 5.75 Å². The molecule has 4 heterocycles. The van der Waals surface area contributed by atoms with Gasteiger partial charge in [-0.1, -0.05) is 30.3 Å². The van der Waals surface area contributed by atoms with Crippen LogP contribution in [0.2, 0.25) is 0 Å². The first-order valence-corrected chi connectivity index (χ1v) is 20.0. The maximum atomic E-state index is 14.2. The van der Waals surface area contributed by atoms with Crippen molar-refractivity contribution in [2.24, 2.45) is 0 Å². The molecular weight excluding hydrogens is 729 g/mol. The van der Waals surface area contributed by atoms with Gasteiger partial charge in [-0.15, -0.1) is 0 Å². The van der Waals surface area contributed by atoms with Crippen molar-refractivity contribution in [3.05, 3.63) is 88.5 Å². The van der Waals surface area contributed by atoms with Gasteiger partial charge in [-0.2, -0.15) is 0 Å². The second kappa shape index (κ2) is 17.6. The lowest BCUT2D eigenvalue weighted by atomic mass is 10.0. The molecule has 4 aliphatic rings. The number of ether oxygens (including phenoxy) is 2. The summed E-state index contributed by atoms with van der Waals surface area (Å²) in [5.41, 5.74) is 5.40. The lowest BCUT2D eigenvalue weighted by molar-refractivity contribution is -0.141. The number of hydrogen-bond acceptors (Lipinski definition) is 9. The van der Waals surface area contributed by atoms with Crippen LogP contribution in [0, 0.1) is 13.8 Å². The van der Waals surface area contributed by atoms with Gasteiger partial charge >= 0.3 is 18.1 Å². The van der Waals surface area contributed by atoms with Crippen LogP contribution in [-0.4, -0.2) is 132 Å². The number of aromatic hydroxyl groups is 1. The molecule has 14 heteroatoms. The number of piperidine rings is 1. The highest BCUT2D eigenvalue weighted by molar-refractivity contribution is 5.91. The monoisotopic (exact) mass is 780 g/mol. The van der Waals surface area contributed by atoms with E-state index >= 15 is 0 Å². The second-order valence-electron chi connectivity index (χ2n) is 15.4. The molecule has 5 amide bonds. The highest BCUT2D eigenvalue weighted by atomic mass is 16.6. The van der Waals surface area contributed by atoms with Crippen LogP contribution in [0.25, 0.3) is 0 Å². The number of esters is 1. The summed E-state index contributed by atoms with van der Waals surface area (Å²) >= 11 is 0. The molecular formula is C43H52N6O8. The Labute approximate surface area is 333 Å². The first-order valence-electron chi connectivity index (χ1n) is 20.0. The highest BCUT2D eigenvalue weighted by Crippen LogP contribution is 2.27. The van der Waals surface area contributed by atoms with E-state index in [-0.39, 0.29) is 42.7 Å². The molecule has 7 rings (SSSR count). The third-order valence-corrected chi connectivity index (χ3v) is 11.6. The molecule has 57 heavy (non-hydrogen) atoms. The number of phenols is 1. The zero-order valence-electron chi connectivity index (χ0n) is 32.8. The highest BCUT2D eigenvalue weighted by Gasteiger charge is 2.35. The van der Waals surface area contributed by atoms with E-state index in [2.05, 4.69) is 10.2 Å². The van der Waals surface area contributed by atoms with Gasteiger partial charge in [-0.3, -0.25) is 9.59 Å². The number of likely N-dealkylation sites (tertiary alicyclic amines) is 2. The minimum absolute atomic E-state index is 0.0252. The van der Waals surface area contributed by atoms with Crippen molar-refractivity contribution < 1.29 is 38.6 Å². The summed E-state index contributed by atoms with van der Waals surface area (Å²) in [5, 5.41) is 13.4. The molecule has 1 atom stereocenters. The van der Waals surface area contributed by atoms with Crippen molar-refractivity contribution in [1.82, 2.24) is 19.6 Å². The van der Waals surface area contributed by atoms with E-state index in [0.29, 0.717) is 94.9 Å². The number of fused-ring (bicyclic) bond motifs is 1. The van der Waals surface area contributed by atoms with E-state index < -0.39 is 18.2 Å². The van der Waals surface area contributed by atoms with Crippen LogP contribution in [0.3, 0.4) is 0 Å². The molecule has 3 aromatic carbocycles. The van der Waals surface area contributed by atoms with Crippen LogP contribution in [0.4, 0.5) is 21.0 Å². The number of piperazine rings is 1. The SMILES string of the molecule is Cc1cc(C[C@@H](OC(=O)N2CCC(N3CCc4ccccc4NC3=O)CC2)C(=O)N2CCN(c3ccc(C(=O)OCCN4CCCC4=O)cc3)CC2)cc(C)c1O. The molecule has 0 saturated carbocycles. The number of carbonyl (C=O) groups is 5. The van der Waals surface area contributed by atoms with Crippen LogP contribution in [0.1, 0.15) is 58.3 Å². The topological polar surface area (TPSA) is 152 Å². The van der Waals surface area contributed by atoms with E-state index in [4.69, 9.17) is 9.47 Å². The van der Waals surface area contributed by atoms with Crippen LogP contribution in [0.15, 0.2) is 60.7 Å². The Bertz CT molecular complexity index is 1950. The Balaban J connectivity index is 0.943. The van der Waals surface area contributed by atoms with Crippen molar-refractivity contribution in [2.75, 3.05) is 75.7 Å². The van der Waals surface area contributed by atoms with Gasteiger partial charge in [-0.25, -0.2) is 14.4 Å². The number of benzene rings is 3. The fraction of sp³-hybridized carbons (Fsp3) is 0.465. The van der Waals surface area contributed by atoms with Crippen molar-refractivity contribution >= 4 is 41.3 Å². The van der Waals surface area contributed by atoms with Gasteiger partial charge in [0.25, 0.3) is 5.91 Å². The lowest BCUT2D eigenvalue weighted by Gasteiger charge is -2.39. The molecule has 0 aliphatic carbocycles. The number of carbonyl (C=O) groups excluding carboxylic acids is 5. The Kier molecular flexibility index (Phi) is 12.2. The number of anilines is 2. The molecule has 0 spiro atoms. The smallest absolute Gasteiger partial charge is 0.410 e. The summed E-state index contributed by atoms with van der Waals surface area (Å²) in [6.45, 7) is 8.14. The third kappa shape index (κ3) is 9.27. The number of nitrogens with zero attached hydrogens (tertiary/aromatic N) is 5. The van der Waals surface area contributed by atoms with Gasteiger partial charge in [0.2, 0.25) is 5.91 Å². The Morgan fingerprint density at radius 2 is 1.54 bits per heavy atom. The first-order chi connectivity index (χ1) is 27.5. The van der Waals surface area contributed by atoms with Gasteiger partial charge < -0.3 is 44.4 Å². The average Bonchev–Trinajstić information content (AvgIpc) is 3.55. The Hall–Kier alpha value is -5.79.